The Morgan fingerprint density at radius 3 is 2.76 bits per heavy atom. The third-order valence-electron chi connectivity index (χ3n) is 6.94. The highest BCUT2D eigenvalue weighted by molar-refractivity contribution is 6.01. The average molecular weight is 446 g/mol. The van der Waals surface area contributed by atoms with E-state index in [1.165, 1.54) is 11.1 Å². The Kier molecular flexibility index (Phi) is 4.84. The van der Waals surface area contributed by atoms with Gasteiger partial charge in [-0.05, 0) is 66.3 Å². The van der Waals surface area contributed by atoms with Crippen LogP contribution in [0.25, 0.3) is 16.3 Å². The Balaban J connectivity index is 1.27. The molecule has 1 amide bonds. The second-order valence-electron chi connectivity index (χ2n) is 9.16. The van der Waals surface area contributed by atoms with E-state index in [4.69, 9.17) is 4.99 Å². The molecule has 6 rings (SSSR count). The number of hydrogen-bond donors (Lipinski definition) is 0. The van der Waals surface area contributed by atoms with Gasteiger partial charge in [0.25, 0.3) is 5.91 Å². The van der Waals surface area contributed by atoms with Crippen LogP contribution in [-0.2, 0) is 0 Å². The zero-order chi connectivity index (χ0) is 23.2. The van der Waals surface area contributed by atoms with Gasteiger partial charge < -0.3 is 4.90 Å². The van der Waals surface area contributed by atoms with Crippen molar-refractivity contribution in [3.63, 3.8) is 0 Å². The number of amides is 1. The van der Waals surface area contributed by atoms with Crippen molar-refractivity contribution in [1.82, 2.24) is 14.9 Å². The number of nitriles is 1. The lowest BCUT2D eigenvalue weighted by Gasteiger charge is -2.28. The van der Waals surface area contributed by atoms with Crippen molar-refractivity contribution >= 4 is 33.7 Å². The Morgan fingerprint density at radius 1 is 1.18 bits per heavy atom. The molecule has 1 aromatic carbocycles. The van der Waals surface area contributed by atoms with Gasteiger partial charge in [-0.15, -0.1) is 0 Å². The SMILES string of the molecule is Cc1ccc(C(=O)N2CCC(=Nc3cc(C4=C5CC5C(C#N)=C4)cc4ccncc34)CC2)cn1. The minimum atomic E-state index is 0.0249. The van der Waals surface area contributed by atoms with Gasteiger partial charge >= 0.3 is 0 Å². The number of fused-ring (bicyclic) bond motifs is 2. The Bertz CT molecular complexity index is 1460. The molecule has 0 radical (unpaired) electrons. The lowest BCUT2D eigenvalue weighted by molar-refractivity contribution is 0.0755. The summed E-state index contributed by atoms with van der Waals surface area (Å²) in [6.07, 6.45) is 9.83. The van der Waals surface area contributed by atoms with Crippen LogP contribution in [0.2, 0.25) is 0 Å². The van der Waals surface area contributed by atoms with Crippen molar-refractivity contribution in [2.75, 3.05) is 13.1 Å². The van der Waals surface area contributed by atoms with E-state index in [1.807, 2.05) is 42.3 Å². The van der Waals surface area contributed by atoms with Gasteiger partial charge in [-0.3, -0.25) is 19.8 Å². The van der Waals surface area contributed by atoms with Crippen LogP contribution >= 0.6 is 0 Å². The first-order chi connectivity index (χ1) is 16.6. The van der Waals surface area contributed by atoms with E-state index in [-0.39, 0.29) is 5.91 Å². The predicted octanol–water partition coefficient (Wildman–Crippen LogP) is 5.18. The molecule has 3 aromatic rings. The maximum absolute atomic E-state index is 12.8. The number of carbonyl (C=O) groups excluding carboxylic acids is 1. The largest absolute Gasteiger partial charge is 0.338 e. The summed E-state index contributed by atoms with van der Waals surface area (Å²) in [6.45, 7) is 3.21. The number of likely N-dealkylation sites (tertiary alicyclic amines) is 1. The van der Waals surface area contributed by atoms with Crippen LogP contribution in [-0.4, -0.2) is 39.6 Å². The van der Waals surface area contributed by atoms with Gasteiger partial charge in [0.05, 0.1) is 17.3 Å². The number of aliphatic imine (C=N–C) groups is 1. The monoisotopic (exact) mass is 445 g/mol. The highest BCUT2D eigenvalue weighted by Crippen LogP contribution is 2.54. The normalized spacial score (nSPS) is 19.1. The first-order valence-electron chi connectivity index (χ1n) is 11.6. The maximum atomic E-state index is 12.8. The Hall–Kier alpha value is -4.11. The summed E-state index contributed by atoms with van der Waals surface area (Å²) in [5.74, 6) is 0.352. The van der Waals surface area contributed by atoms with Crippen LogP contribution in [0.1, 0.15) is 40.9 Å². The van der Waals surface area contributed by atoms with E-state index in [1.54, 1.807) is 12.4 Å². The van der Waals surface area contributed by atoms with Gasteiger partial charge in [-0.1, -0.05) is 5.57 Å². The summed E-state index contributed by atoms with van der Waals surface area (Å²) in [7, 11) is 0. The van der Waals surface area contributed by atoms with Gasteiger partial charge in [0, 0.05) is 72.8 Å². The highest BCUT2D eigenvalue weighted by Gasteiger charge is 2.40. The topological polar surface area (TPSA) is 82.2 Å². The summed E-state index contributed by atoms with van der Waals surface area (Å²) in [6, 6.07) is 12.4. The van der Waals surface area contributed by atoms with Crippen molar-refractivity contribution < 1.29 is 4.79 Å². The number of aromatic nitrogens is 2. The summed E-state index contributed by atoms with van der Waals surface area (Å²) in [5.41, 5.74) is 8.05. The third kappa shape index (κ3) is 3.60. The van der Waals surface area contributed by atoms with Crippen molar-refractivity contribution in [3.05, 3.63) is 83.0 Å². The number of nitrogens with zero attached hydrogens (tertiary/aromatic N) is 5. The number of benzene rings is 1. The fourth-order valence-corrected chi connectivity index (χ4v) is 4.94. The molecule has 6 heteroatoms. The lowest BCUT2D eigenvalue weighted by Crippen LogP contribution is -2.38. The molecule has 2 aromatic heterocycles. The molecule has 0 bridgehead atoms. The number of piperidine rings is 1. The fraction of sp³-hybridized carbons (Fsp3) is 0.250. The van der Waals surface area contributed by atoms with Crippen LogP contribution in [0, 0.1) is 24.2 Å². The molecule has 1 atom stereocenters. The van der Waals surface area contributed by atoms with Crippen LogP contribution in [0.4, 0.5) is 5.69 Å². The molecule has 6 nitrogen and oxygen atoms in total. The lowest BCUT2D eigenvalue weighted by atomic mass is 9.99. The van der Waals surface area contributed by atoms with E-state index in [2.05, 4.69) is 28.2 Å². The van der Waals surface area contributed by atoms with Gasteiger partial charge in [-0.25, -0.2) is 0 Å². The second-order valence-corrected chi connectivity index (χ2v) is 9.16. The molecule has 2 fully saturated rings. The number of allylic oxidation sites excluding steroid dienone is 4. The molecule has 1 aliphatic heterocycles. The minimum Gasteiger partial charge on any atom is -0.338 e. The zero-order valence-electron chi connectivity index (χ0n) is 19.0. The first kappa shape index (κ1) is 20.5. The Labute approximate surface area is 198 Å². The van der Waals surface area contributed by atoms with Gasteiger partial charge in [0.1, 0.15) is 0 Å². The van der Waals surface area contributed by atoms with E-state index >= 15 is 0 Å². The smallest absolute Gasteiger partial charge is 0.255 e. The van der Waals surface area contributed by atoms with Crippen molar-refractivity contribution in [1.29, 1.82) is 5.26 Å². The van der Waals surface area contributed by atoms with E-state index in [0.717, 1.165) is 58.3 Å². The number of rotatable bonds is 3. The van der Waals surface area contributed by atoms with Crippen LogP contribution in [0.3, 0.4) is 0 Å². The summed E-state index contributed by atoms with van der Waals surface area (Å²) in [5, 5.41) is 11.5. The van der Waals surface area contributed by atoms with Crippen molar-refractivity contribution in [2.24, 2.45) is 10.9 Å². The van der Waals surface area contributed by atoms with Gasteiger partial charge in [0.15, 0.2) is 0 Å². The molecule has 3 aliphatic rings. The molecule has 2 aliphatic carbocycles. The quantitative estimate of drug-likeness (QED) is 0.556. The highest BCUT2D eigenvalue weighted by atomic mass is 16.2. The van der Waals surface area contributed by atoms with Gasteiger partial charge in [-0.2, -0.15) is 5.26 Å². The maximum Gasteiger partial charge on any atom is 0.255 e. The molecule has 0 N–H and O–H groups in total. The summed E-state index contributed by atoms with van der Waals surface area (Å²) in [4.78, 5) is 28.3. The number of carbonyl (C=O) groups is 1. The van der Waals surface area contributed by atoms with Gasteiger partial charge in [0.2, 0.25) is 0 Å². The van der Waals surface area contributed by atoms with E-state index in [9.17, 15) is 10.1 Å². The average Bonchev–Trinajstić information content (AvgIpc) is 3.58. The number of aryl methyl sites for hydroxylation is 1. The second kappa shape index (κ2) is 8.03. The molecule has 34 heavy (non-hydrogen) atoms. The van der Waals surface area contributed by atoms with Crippen molar-refractivity contribution in [2.45, 2.75) is 26.2 Å². The molecule has 1 saturated carbocycles. The van der Waals surface area contributed by atoms with Crippen molar-refractivity contribution in [3.8, 4) is 6.07 Å². The number of pyridine rings is 2. The van der Waals surface area contributed by atoms with Crippen LogP contribution in [0.15, 0.2) is 71.1 Å². The molecular weight excluding hydrogens is 422 g/mol. The van der Waals surface area contributed by atoms with Crippen LogP contribution < -0.4 is 0 Å². The minimum absolute atomic E-state index is 0.0249. The summed E-state index contributed by atoms with van der Waals surface area (Å²) < 4.78 is 0. The molecule has 0 spiro atoms. The fourth-order valence-electron chi connectivity index (χ4n) is 4.94. The van der Waals surface area contributed by atoms with E-state index < -0.39 is 0 Å². The number of hydrogen-bond acceptors (Lipinski definition) is 5. The first-order valence-corrected chi connectivity index (χ1v) is 11.6. The predicted molar refractivity (Wildman–Crippen MR) is 132 cm³/mol. The standard InChI is InChI=1S/C28H23N5O/c1-17-2-3-19(15-31-17)28(34)33-8-5-22(6-9-33)32-27-12-20(10-18-4-7-30-16-26(18)27)23-11-21(14-29)24-13-25(23)24/h2-4,7,10-12,15-16,24H,5-6,8-9,13H2,1H3. The van der Waals surface area contributed by atoms with Crippen LogP contribution in [0.5, 0.6) is 0 Å². The zero-order valence-corrected chi connectivity index (χ0v) is 19.0. The summed E-state index contributed by atoms with van der Waals surface area (Å²) >= 11 is 0. The molecule has 1 saturated heterocycles. The molecule has 3 heterocycles. The van der Waals surface area contributed by atoms with E-state index in [0.29, 0.717) is 24.6 Å². The third-order valence-corrected chi connectivity index (χ3v) is 6.94. The molecular formula is C28H23N5O. The molecule has 166 valence electrons. The molecule has 1 unspecified atom stereocenters. The Morgan fingerprint density at radius 2 is 2.03 bits per heavy atom.